The number of hydrogen-bond acceptors (Lipinski definition) is 4. The summed E-state index contributed by atoms with van der Waals surface area (Å²) in [7, 11) is 0. The summed E-state index contributed by atoms with van der Waals surface area (Å²) in [4.78, 5) is 10.6. The van der Waals surface area contributed by atoms with Crippen LogP contribution in [-0.2, 0) is 6.18 Å². The van der Waals surface area contributed by atoms with Gasteiger partial charge in [0.1, 0.15) is 5.75 Å². The van der Waals surface area contributed by atoms with Gasteiger partial charge in [0, 0.05) is 0 Å². The highest BCUT2D eigenvalue weighted by molar-refractivity contribution is 6.31. The number of alkyl halides is 3. The van der Waals surface area contributed by atoms with E-state index in [1.54, 1.807) is 0 Å². The molecular weight excluding hydrogens is 306 g/mol. The number of rotatable bonds is 2. The summed E-state index contributed by atoms with van der Waals surface area (Å²) in [6.45, 7) is 0. The van der Waals surface area contributed by atoms with Crippen LogP contribution in [0.4, 0.5) is 13.2 Å². The van der Waals surface area contributed by atoms with Crippen molar-refractivity contribution in [1.29, 1.82) is 0 Å². The fourth-order valence-electron chi connectivity index (χ4n) is 1.20. The fraction of sp³-hybridized carbons (Fsp3) is 0.100. The highest BCUT2D eigenvalue weighted by Gasteiger charge is 2.30. The van der Waals surface area contributed by atoms with E-state index in [2.05, 4.69) is 15.0 Å². The second kappa shape index (κ2) is 5.18. The first kappa shape index (κ1) is 13.8. The van der Waals surface area contributed by atoms with Gasteiger partial charge < -0.3 is 4.74 Å². The molecule has 100 valence electrons. The number of halogens is 5. The molecule has 0 aliphatic heterocycles. The second-order valence-corrected chi connectivity index (χ2v) is 3.96. The van der Waals surface area contributed by atoms with E-state index in [1.807, 2.05) is 0 Å². The summed E-state index contributed by atoms with van der Waals surface area (Å²) in [6, 6.07) is 3.96. The van der Waals surface area contributed by atoms with Crippen LogP contribution in [0.2, 0.25) is 10.6 Å². The highest BCUT2D eigenvalue weighted by atomic mass is 35.5. The maximum atomic E-state index is 12.5. The fourth-order valence-corrected chi connectivity index (χ4v) is 1.54. The molecule has 0 radical (unpaired) electrons. The molecule has 2 aromatic rings. The molecule has 0 N–H and O–H groups in total. The van der Waals surface area contributed by atoms with Gasteiger partial charge in [-0.3, -0.25) is 0 Å². The number of aromatic nitrogens is 3. The Hall–Kier alpha value is -1.60. The van der Waals surface area contributed by atoms with Crippen LogP contribution in [0.5, 0.6) is 11.8 Å². The Bertz CT molecular complexity index is 587. The van der Waals surface area contributed by atoms with Crippen LogP contribution >= 0.6 is 23.2 Å². The average molecular weight is 310 g/mol. The molecule has 1 heterocycles. The van der Waals surface area contributed by atoms with Crippen molar-refractivity contribution in [3.63, 3.8) is 0 Å². The van der Waals surface area contributed by atoms with Gasteiger partial charge in [-0.25, -0.2) is 0 Å². The first-order valence-corrected chi connectivity index (χ1v) is 5.52. The van der Waals surface area contributed by atoms with Gasteiger partial charge in [0.15, 0.2) is 0 Å². The van der Waals surface area contributed by atoms with E-state index in [1.165, 1.54) is 12.1 Å². The Kier molecular flexibility index (Phi) is 3.77. The lowest BCUT2D eigenvalue weighted by Gasteiger charge is -2.08. The monoisotopic (exact) mass is 309 g/mol. The molecule has 0 atom stereocenters. The Morgan fingerprint density at radius 3 is 2.21 bits per heavy atom. The maximum absolute atomic E-state index is 12.5. The first-order valence-electron chi connectivity index (χ1n) is 4.77. The second-order valence-electron chi connectivity index (χ2n) is 3.28. The summed E-state index contributed by atoms with van der Waals surface area (Å²) in [5, 5.41) is -0.441. The third-order valence-corrected chi connectivity index (χ3v) is 2.27. The van der Waals surface area contributed by atoms with Gasteiger partial charge in [-0.2, -0.15) is 28.1 Å². The summed E-state index contributed by atoms with van der Waals surface area (Å²) in [5.74, 6) is -0.0897. The molecule has 4 nitrogen and oxygen atoms in total. The Morgan fingerprint density at radius 1 is 1.00 bits per heavy atom. The van der Waals surface area contributed by atoms with Crippen molar-refractivity contribution in [3.05, 3.63) is 40.4 Å². The van der Waals surface area contributed by atoms with Gasteiger partial charge in [-0.05, 0) is 41.4 Å². The minimum Gasteiger partial charge on any atom is -0.424 e. The SMILES string of the molecule is FC(F)(F)c1cccc(Oc2nc(Cl)nc(Cl)n2)c1. The van der Waals surface area contributed by atoms with Gasteiger partial charge >= 0.3 is 12.2 Å². The van der Waals surface area contributed by atoms with Crippen molar-refractivity contribution in [2.45, 2.75) is 6.18 Å². The summed E-state index contributed by atoms with van der Waals surface area (Å²) >= 11 is 11.0. The third kappa shape index (κ3) is 3.68. The Morgan fingerprint density at radius 2 is 1.63 bits per heavy atom. The van der Waals surface area contributed by atoms with E-state index >= 15 is 0 Å². The quantitative estimate of drug-likeness (QED) is 0.841. The van der Waals surface area contributed by atoms with Crippen molar-refractivity contribution in [1.82, 2.24) is 15.0 Å². The molecule has 0 saturated heterocycles. The molecule has 2 rings (SSSR count). The van der Waals surface area contributed by atoms with E-state index in [-0.39, 0.29) is 22.3 Å². The number of nitrogens with zero attached hydrogens (tertiary/aromatic N) is 3. The lowest BCUT2D eigenvalue weighted by Crippen LogP contribution is -2.04. The molecule has 0 aliphatic rings. The van der Waals surface area contributed by atoms with Gasteiger partial charge in [-0.15, -0.1) is 0 Å². The average Bonchev–Trinajstić information content (AvgIpc) is 2.26. The van der Waals surface area contributed by atoms with E-state index in [0.29, 0.717) is 0 Å². The molecule has 0 spiro atoms. The lowest BCUT2D eigenvalue weighted by atomic mass is 10.2. The van der Waals surface area contributed by atoms with Gasteiger partial charge in [0.2, 0.25) is 10.6 Å². The van der Waals surface area contributed by atoms with E-state index in [0.717, 1.165) is 12.1 Å². The van der Waals surface area contributed by atoms with Gasteiger partial charge in [0.05, 0.1) is 5.56 Å². The third-order valence-electron chi connectivity index (χ3n) is 1.93. The minimum absolute atomic E-state index is 0.0897. The molecule has 19 heavy (non-hydrogen) atoms. The van der Waals surface area contributed by atoms with Crippen molar-refractivity contribution in [2.75, 3.05) is 0 Å². The van der Waals surface area contributed by atoms with Crippen LogP contribution in [0.1, 0.15) is 5.56 Å². The van der Waals surface area contributed by atoms with Crippen LogP contribution in [0.3, 0.4) is 0 Å². The molecule has 0 saturated carbocycles. The normalized spacial score (nSPS) is 11.4. The highest BCUT2D eigenvalue weighted by Crippen LogP contribution is 2.32. The molecule has 0 unspecified atom stereocenters. The predicted octanol–water partition coefficient (Wildman–Crippen LogP) is 3.99. The molecule has 9 heteroatoms. The number of ether oxygens (including phenoxy) is 1. The van der Waals surface area contributed by atoms with Crippen molar-refractivity contribution in [3.8, 4) is 11.8 Å². The largest absolute Gasteiger partial charge is 0.424 e. The zero-order valence-electron chi connectivity index (χ0n) is 8.95. The molecule has 1 aromatic heterocycles. The van der Waals surface area contributed by atoms with Crippen LogP contribution in [0.15, 0.2) is 24.3 Å². The van der Waals surface area contributed by atoms with E-state index in [4.69, 9.17) is 27.9 Å². The lowest BCUT2D eigenvalue weighted by molar-refractivity contribution is -0.137. The molecule has 1 aromatic carbocycles. The standard InChI is InChI=1S/C10H4Cl2F3N3O/c11-7-16-8(12)18-9(17-7)19-6-3-1-2-5(4-6)10(13,14)15/h1-4H. The van der Waals surface area contributed by atoms with Crippen LogP contribution in [0, 0.1) is 0 Å². The van der Waals surface area contributed by atoms with E-state index in [9.17, 15) is 13.2 Å². The van der Waals surface area contributed by atoms with Crippen molar-refractivity contribution >= 4 is 23.2 Å². The minimum atomic E-state index is -4.46. The topological polar surface area (TPSA) is 47.9 Å². The maximum Gasteiger partial charge on any atom is 0.416 e. The van der Waals surface area contributed by atoms with Crippen molar-refractivity contribution in [2.24, 2.45) is 0 Å². The summed E-state index contributed by atoms with van der Waals surface area (Å²) < 4.78 is 42.5. The van der Waals surface area contributed by atoms with Crippen LogP contribution in [-0.4, -0.2) is 15.0 Å². The van der Waals surface area contributed by atoms with Crippen molar-refractivity contribution < 1.29 is 17.9 Å². The molecular formula is C10H4Cl2F3N3O. The van der Waals surface area contributed by atoms with Gasteiger partial charge in [0.25, 0.3) is 0 Å². The predicted molar refractivity (Wildman–Crippen MR) is 61.4 cm³/mol. The van der Waals surface area contributed by atoms with Crippen LogP contribution in [0.25, 0.3) is 0 Å². The molecule has 0 aliphatic carbocycles. The zero-order valence-corrected chi connectivity index (χ0v) is 10.5. The molecule has 0 bridgehead atoms. The Balaban J connectivity index is 2.28. The first-order chi connectivity index (χ1) is 8.84. The number of benzene rings is 1. The molecule has 0 fully saturated rings. The molecule has 0 amide bonds. The smallest absolute Gasteiger partial charge is 0.416 e. The summed E-state index contributed by atoms with van der Waals surface area (Å²) in [6.07, 6.45) is -4.46. The van der Waals surface area contributed by atoms with Crippen LogP contribution < -0.4 is 4.74 Å². The van der Waals surface area contributed by atoms with Gasteiger partial charge in [-0.1, -0.05) is 6.07 Å². The number of hydrogen-bond donors (Lipinski definition) is 0. The van der Waals surface area contributed by atoms with E-state index < -0.39 is 11.7 Å². The zero-order chi connectivity index (χ0) is 14.0. The summed E-state index contributed by atoms with van der Waals surface area (Å²) in [5.41, 5.74) is -0.851. The Labute approximate surface area is 115 Å².